The largest absolute Gasteiger partial charge is 0.475 e. The highest BCUT2D eigenvalue weighted by atomic mass is 16.5. The molecule has 2 aromatic rings. The Morgan fingerprint density at radius 2 is 2.00 bits per heavy atom. The Morgan fingerprint density at radius 3 is 2.74 bits per heavy atom. The van der Waals surface area contributed by atoms with Gasteiger partial charge in [0.25, 0.3) is 0 Å². The van der Waals surface area contributed by atoms with Gasteiger partial charge in [-0.3, -0.25) is 4.99 Å². The van der Waals surface area contributed by atoms with E-state index < -0.39 is 0 Å². The van der Waals surface area contributed by atoms with Gasteiger partial charge in [0.15, 0.2) is 0 Å². The lowest BCUT2D eigenvalue weighted by atomic mass is 10.1. The number of aromatic nitrogens is 3. The number of nitrogens with zero attached hydrogens (tertiary/aromatic N) is 5. The third-order valence-electron chi connectivity index (χ3n) is 4.06. The van der Waals surface area contributed by atoms with E-state index >= 15 is 0 Å². The van der Waals surface area contributed by atoms with Gasteiger partial charge in [-0.25, -0.2) is 15.0 Å². The fourth-order valence-electron chi connectivity index (χ4n) is 2.78. The first-order valence-electron chi connectivity index (χ1n) is 7.98. The highest BCUT2D eigenvalue weighted by Crippen LogP contribution is 2.26. The third-order valence-corrected chi connectivity index (χ3v) is 4.06. The molecule has 0 amide bonds. The van der Waals surface area contributed by atoms with Gasteiger partial charge in [-0.2, -0.15) is 0 Å². The van der Waals surface area contributed by atoms with Gasteiger partial charge in [-0.1, -0.05) is 0 Å². The maximum Gasteiger partial charge on any atom is 0.214 e. The minimum atomic E-state index is 0.0967. The molecule has 6 nitrogen and oxygen atoms in total. The molecule has 0 bridgehead atoms. The minimum absolute atomic E-state index is 0.0967. The molecule has 1 saturated heterocycles. The zero-order chi connectivity index (χ0) is 15.8. The normalized spacial score (nSPS) is 16.1. The standard InChI is InChI=1S/C17H19N5O/c1-11(2)23-16-6-13-12(8-18-16)9-19-17(13)14-7-15(21-10-20-14)22-4-3-5-22/h6-8,10-11H,3-5,9H2,1-2H3. The van der Waals surface area contributed by atoms with E-state index in [-0.39, 0.29) is 6.10 Å². The lowest BCUT2D eigenvalue weighted by Crippen LogP contribution is -2.37. The van der Waals surface area contributed by atoms with Gasteiger partial charge in [0, 0.05) is 42.5 Å². The highest BCUT2D eigenvalue weighted by Gasteiger charge is 2.22. The molecule has 2 aliphatic heterocycles. The smallest absolute Gasteiger partial charge is 0.214 e. The zero-order valence-electron chi connectivity index (χ0n) is 13.4. The molecule has 6 heteroatoms. The van der Waals surface area contributed by atoms with Crippen molar-refractivity contribution >= 4 is 11.5 Å². The van der Waals surface area contributed by atoms with E-state index in [1.807, 2.05) is 32.2 Å². The molecular weight excluding hydrogens is 290 g/mol. The van der Waals surface area contributed by atoms with E-state index in [0.717, 1.165) is 41.4 Å². The van der Waals surface area contributed by atoms with E-state index in [4.69, 9.17) is 4.74 Å². The first kappa shape index (κ1) is 14.1. The van der Waals surface area contributed by atoms with Crippen molar-refractivity contribution in [3.63, 3.8) is 0 Å². The summed E-state index contributed by atoms with van der Waals surface area (Å²) in [5.74, 6) is 1.61. The van der Waals surface area contributed by atoms with Gasteiger partial charge in [0.1, 0.15) is 12.1 Å². The van der Waals surface area contributed by atoms with Crippen molar-refractivity contribution in [2.75, 3.05) is 18.0 Å². The van der Waals surface area contributed by atoms with Crippen LogP contribution in [0.3, 0.4) is 0 Å². The average molecular weight is 309 g/mol. The van der Waals surface area contributed by atoms with Crippen molar-refractivity contribution in [2.24, 2.45) is 4.99 Å². The van der Waals surface area contributed by atoms with Gasteiger partial charge in [-0.05, 0) is 20.3 Å². The number of anilines is 1. The van der Waals surface area contributed by atoms with E-state index in [0.29, 0.717) is 12.4 Å². The lowest BCUT2D eigenvalue weighted by Gasteiger charge is -2.31. The van der Waals surface area contributed by atoms with Crippen LogP contribution in [0.15, 0.2) is 29.6 Å². The van der Waals surface area contributed by atoms with Crippen molar-refractivity contribution in [1.82, 2.24) is 15.0 Å². The van der Waals surface area contributed by atoms with Crippen LogP contribution in [-0.4, -0.2) is 39.9 Å². The molecule has 4 rings (SSSR count). The van der Waals surface area contributed by atoms with Crippen molar-refractivity contribution in [2.45, 2.75) is 32.9 Å². The fraction of sp³-hybridized carbons (Fsp3) is 0.412. The molecule has 0 spiro atoms. The molecule has 0 aliphatic carbocycles. The zero-order valence-corrected chi connectivity index (χ0v) is 13.4. The van der Waals surface area contributed by atoms with Crippen molar-refractivity contribution in [1.29, 1.82) is 0 Å². The van der Waals surface area contributed by atoms with Crippen LogP contribution < -0.4 is 9.64 Å². The Kier molecular flexibility index (Phi) is 3.44. The van der Waals surface area contributed by atoms with Crippen LogP contribution in [0.1, 0.15) is 37.1 Å². The summed E-state index contributed by atoms with van der Waals surface area (Å²) in [5.41, 5.74) is 3.94. The van der Waals surface area contributed by atoms with E-state index in [9.17, 15) is 0 Å². The third kappa shape index (κ3) is 2.65. The maximum atomic E-state index is 5.71. The van der Waals surface area contributed by atoms with Crippen LogP contribution >= 0.6 is 0 Å². The second-order valence-electron chi connectivity index (χ2n) is 6.11. The Balaban J connectivity index is 1.67. The number of rotatable bonds is 4. The average Bonchev–Trinajstić information content (AvgIpc) is 2.88. The molecule has 0 unspecified atom stereocenters. The predicted molar refractivity (Wildman–Crippen MR) is 88.2 cm³/mol. The Bertz CT molecular complexity index is 767. The van der Waals surface area contributed by atoms with Gasteiger partial charge in [0.05, 0.1) is 24.1 Å². The lowest BCUT2D eigenvalue weighted by molar-refractivity contribution is 0.232. The first-order chi connectivity index (χ1) is 11.2. The number of aliphatic imine (C=N–C) groups is 1. The fourth-order valence-corrected chi connectivity index (χ4v) is 2.78. The van der Waals surface area contributed by atoms with Crippen molar-refractivity contribution in [3.05, 3.63) is 41.5 Å². The van der Waals surface area contributed by atoms with Gasteiger partial charge >= 0.3 is 0 Å². The van der Waals surface area contributed by atoms with Crippen molar-refractivity contribution in [3.8, 4) is 5.88 Å². The number of pyridine rings is 1. The van der Waals surface area contributed by atoms with Gasteiger partial charge in [-0.15, -0.1) is 0 Å². The molecule has 1 fully saturated rings. The number of ether oxygens (including phenoxy) is 1. The number of fused-ring (bicyclic) bond motifs is 1. The minimum Gasteiger partial charge on any atom is -0.475 e. The molecule has 4 heterocycles. The van der Waals surface area contributed by atoms with Gasteiger partial charge in [0.2, 0.25) is 5.88 Å². The van der Waals surface area contributed by atoms with Crippen molar-refractivity contribution < 1.29 is 4.74 Å². The van der Waals surface area contributed by atoms with E-state index in [1.54, 1.807) is 6.33 Å². The Morgan fingerprint density at radius 1 is 1.13 bits per heavy atom. The van der Waals surface area contributed by atoms with Crippen LogP contribution in [0.4, 0.5) is 5.82 Å². The SMILES string of the molecule is CC(C)Oc1cc2c(cn1)CN=C2c1cc(N2CCC2)ncn1. The molecule has 0 aromatic carbocycles. The van der Waals surface area contributed by atoms with Crippen LogP contribution in [0.5, 0.6) is 5.88 Å². The molecule has 118 valence electrons. The summed E-state index contributed by atoms with van der Waals surface area (Å²) < 4.78 is 5.71. The molecule has 0 atom stereocenters. The summed E-state index contributed by atoms with van der Waals surface area (Å²) in [6.45, 7) is 6.76. The van der Waals surface area contributed by atoms with E-state index in [1.165, 1.54) is 6.42 Å². The second kappa shape index (κ2) is 5.61. The molecule has 0 N–H and O–H groups in total. The quantitative estimate of drug-likeness (QED) is 0.866. The summed E-state index contributed by atoms with van der Waals surface area (Å²) in [4.78, 5) is 20.0. The summed E-state index contributed by atoms with van der Waals surface area (Å²) >= 11 is 0. The molecule has 23 heavy (non-hydrogen) atoms. The van der Waals surface area contributed by atoms with E-state index in [2.05, 4.69) is 24.8 Å². The number of hydrogen-bond acceptors (Lipinski definition) is 6. The molecule has 2 aromatic heterocycles. The Hall–Kier alpha value is -2.50. The molecule has 0 saturated carbocycles. The first-order valence-corrected chi connectivity index (χ1v) is 7.98. The summed E-state index contributed by atoms with van der Waals surface area (Å²) in [7, 11) is 0. The second-order valence-corrected chi connectivity index (χ2v) is 6.11. The van der Waals surface area contributed by atoms with Crippen LogP contribution in [0, 0.1) is 0 Å². The van der Waals surface area contributed by atoms with Crippen LogP contribution in [0.2, 0.25) is 0 Å². The topological polar surface area (TPSA) is 63.5 Å². The van der Waals surface area contributed by atoms with Crippen LogP contribution in [0.25, 0.3) is 0 Å². The molecule has 0 radical (unpaired) electrons. The predicted octanol–water partition coefficient (Wildman–Crippen LogP) is 2.22. The maximum absolute atomic E-state index is 5.71. The summed E-state index contributed by atoms with van der Waals surface area (Å²) in [6.07, 6.45) is 4.79. The molecular formula is C17H19N5O. The highest BCUT2D eigenvalue weighted by molar-refractivity contribution is 6.14. The van der Waals surface area contributed by atoms with Crippen LogP contribution in [-0.2, 0) is 6.54 Å². The number of hydrogen-bond donors (Lipinski definition) is 0. The summed E-state index contributed by atoms with van der Waals surface area (Å²) in [5, 5.41) is 0. The summed E-state index contributed by atoms with van der Waals surface area (Å²) in [6, 6.07) is 3.99. The Labute approximate surface area is 135 Å². The van der Waals surface area contributed by atoms with Gasteiger partial charge < -0.3 is 9.64 Å². The monoisotopic (exact) mass is 309 g/mol. The molecule has 2 aliphatic rings.